The van der Waals surface area contributed by atoms with Crippen LogP contribution in [-0.2, 0) is 15.7 Å². The molecule has 0 saturated heterocycles. The molecule has 0 saturated carbocycles. The van der Waals surface area contributed by atoms with Crippen LogP contribution in [-0.4, -0.2) is 19.1 Å². The third kappa shape index (κ3) is 4.19. The molecule has 1 N–H and O–H groups in total. The predicted molar refractivity (Wildman–Crippen MR) is 61.6 cm³/mol. The van der Waals surface area contributed by atoms with Crippen molar-refractivity contribution in [1.29, 1.82) is 0 Å². The smallest absolute Gasteiger partial charge is 0.372 e. The molecule has 0 bridgehead atoms. The van der Waals surface area contributed by atoms with Gasteiger partial charge >= 0.3 is 6.18 Å². The number of amides is 1. The monoisotopic (exact) mass is 281 g/mol. The van der Waals surface area contributed by atoms with Gasteiger partial charge in [0, 0.05) is 6.61 Å². The van der Waals surface area contributed by atoms with E-state index < -0.39 is 17.6 Å². The molecule has 0 fully saturated rings. The largest absolute Gasteiger partial charge is 0.416 e. The van der Waals surface area contributed by atoms with Crippen LogP contribution in [0.25, 0.3) is 0 Å². The first-order valence-corrected chi connectivity index (χ1v) is 5.46. The van der Waals surface area contributed by atoms with E-state index in [0.29, 0.717) is 6.61 Å². The normalized spacial score (nSPS) is 11.4. The number of carbonyl (C=O) groups is 1. The van der Waals surface area contributed by atoms with Gasteiger partial charge < -0.3 is 10.1 Å². The Hall–Kier alpha value is -1.27. The number of anilines is 1. The second-order valence-corrected chi connectivity index (χ2v) is 3.78. The van der Waals surface area contributed by atoms with Gasteiger partial charge in [0.05, 0.1) is 16.3 Å². The van der Waals surface area contributed by atoms with Gasteiger partial charge in [-0.3, -0.25) is 4.79 Å². The maximum absolute atomic E-state index is 12.5. The van der Waals surface area contributed by atoms with E-state index in [9.17, 15) is 18.0 Å². The fraction of sp³-hybridized carbons (Fsp3) is 0.364. The van der Waals surface area contributed by atoms with E-state index in [1.165, 1.54) is 0 Å². The van der Waals surface area contributed by atoms with Gasteiger partial charge in [0.2, 0.25) is 5.91 Å². The van der Waals surface area contributed by atoms with E-state index in [2.05, 4.69) is 5.32 Å². The van der Waals surface area contributed by atoms with Crippen molar-refractivity contribution in [3.8, 4) is 0 Å². The summed E-state index contributed by atoms with van der Waals surface area (Å²) in [4.78, 5) is 11.3. The number of hydrogen-bond acceptors (Lipinski definition) is 2. The number of nitrogens with one attached hydrogen (secondary N) is 1. The lowest BCUT2D eigenvalue weighted by molar-refractivity contribution is -0.137. The highest BCUT2D eigenvalue weighted by Crippen LogP contribution is 2.33. The summed E-state index contributed by atoms with van der Waals surface area (Å²) in [5, 5.41) is 2.30. The van der Waals surface area contributed by atoms with Gasteiger partial charge in [-0.25, -0.2) is 0 Å². The second-order valence-electron chi connectivity index (χ2n) is 3.38. The lowest BCUT2D eigenvalue weighted by Crippen LogP contribution is -2.19. The molecule has 1 aromatic rings. The summed E-state index contributed by atoms with van der Waals surface area (Å²) >= 11 is 5.70. The van der Waals surface area contributed by atoms with Gasteiger partial charge in [0.15, 0.2) is 0 Å². The van der Waals surface area contributed by atoms with Gasteiger partial charge in [-0.05, 0) is 25.1 Å². The van der Waals surface area contributed by atoms with Crippen LogP contribution in [0, 0.1) is 0 Å². The number of alkyl halides is 3. The molecule has 18 heavy (non-hydrogen) atoms. The van der Waals surface area contributed by atoms with Crippen LogP contribution in [0.15, 0.2) is 18.2 Å². The number of ether oxygens (including phenoxy) is 1. The molecule has 3 nitrogen and oxygen atoms in total. The molecular formula is C11H11ClF3NO2. The summed E-state index contributed by atoms with van der Waals surface area (Å²) in [7, 11) is 0. The predicted octanol–water partition coefficient (Wildman–Crippen LogP) is 3.33. The number of rotatable bonds is 4. The van der Waals surface area contributed by atoms with Gasteiger partial charge in [-0.15, -0.1) is 0 Å². The van der Waals surface area contributed by atoms with Crippen LogP contribution < -0.4 is 5.32 Å². The Kier molecular flexibility index (Phi) is 4.98. The molecule has 1 aromatic carbocycles. The Bertz CT molecular complexity index is 435. The lowest BCUT2D eigenvalue weighted by atomic mass is 10.2. The molecule has 0 aromatic heterocycles. The standard InChI is InChI=1S/C11H11ClF3NO2/c1-2-18-6-10(17)16-9-5-7(11(13,14)15)3-4-8(9)12/h3-5H,2,6H2,1H3,(H,16,17). The summed E-state index contributed by atoms with van der Waals surface area (Å²) in [6.45, 7) is 1.80. The average molecular weight is 282 g/mol. The van der Waals surface area contributed by atoms with Crippen LogP contribution in [0.2, 0.25) is 5.02 Å². The van der Waals surface area contributed by atoms with Gasteiger partial charge in [0.1, 0.15) is 6.61 Å². The van der Waals surface area contributed by atoms with E-state index in [4.69, 9.17) is 16.3 Å². The Labute approximate surface area is 107 Å². The minimum absolute atomic E-state index is 0.0350. The third-order valence-electron chi connectivity index (χ3n) is 2.01. The number of hydrogen-bond donors (Lipinski definition) is 1. The highest BCUT2D eigenvalue weighted by molar-refractivity contribution is 6.33. The topological polar surface area (TPSA) is 38.3 Å². The molecule has 0 radical (unpaired) electrons. The van der Waals surface area contributed by atoms with Gasteiger partial charge in [-0.2, -0.15) is 13.2 Å². The molecule has 100 valence electrons. The van der Waals surface area contributed by atoms with Crippen LogP contribution >= 0.6 is 11.6 Å². The number of benzene rings is 1. The first-order chi connectivity index (χ1) is 8.34. The summed E-state index contributed by atoms with van der Waals surface area (Å²) < 4.78 is 42.2. The lowest BCUT2D eigenvalue weighted by Gasteiger charge is -2.11. The average Bonchev–Trinajstić information content (AvgIpc) is 2.28. The summed E-state index contributed by atoms with van der Waals surface area (Å²) in [5.41, 5.74) is -0.963. The van der Waals surface area contributed by atoms with Gasteiger partial charge in [-0.1, -0.05) is 11.6 Å². The molecule has 0 aliphatic carbocycles. The van der Waals surface area contributed by atoms with E-state index in [0.717, 1.165) is 18.2 Å². The van der Waals surface area contributed by atoms with Crippen LogP contribution in [0.5, 0.6) is 0 Å². The first-order valence-electron chi connectivity index (χ1n) is 5.09. The maximum atomic E-state index is 12.5. The number of carbonyl (C=O) groups excluding carboxylic acids is 1. The fourth-order valence-electron chi connectivity index (χ4n) is 1.18. The van der Waals surface area contributed by atoms with E-state index >= 15 is 0 Å². The molecule has 0 heterocycles. The van der Waals surface area contributed by atoms with Crippen molar-refractivity contribution in [1.82, 2.24) is 0 Å². The summed E-state index contributed by atoms with van der Waals surface area (Å²) in [6.07, 6.45) is -4.48. The van der Waals surface area contributed by atoms with E-state index in [1.807, 2.05) is 0 Å². The van der Waals surface area contributed by atoms with Crippen LogP contribution in [0.3, 0.4) is 0 Å². The van der Waals surface area contributed by atoms with Crippen LogP contribution in [0.4, 0.5) is 18.9 Å². The van der Waals surface area contributed by atoms with Gasteiger partial charge in [0.25, 0.3) is 0 Å². The highest BCUT2D eigenvalue weighted by Gasteiger charge is 2.31. The van der Waals surface area contributed by atoms with Crippen molar-refractivity contribution in [2.45, 2.75) is 13.1 Å². The molecular weight excluding hydrogens is 271 g/mol. The molecule has 1 rings (SSSR count). The van der Waals surface area contributed by atoms with Crippen LogP contribution in [0.1, 0.15) is 12.5 Å². The summed E-state index contributed by atoms with van der Waals surface area (Å²) in [6, 6.07) is 2.72. The first kappa shape index (κ1) is 14.8. The van der Waals surface area contributed by atoms with E-state index in [-0.39, 0.29) is 17.3 Å². The quantitative estimate of drug-likeness (QED) is 0.919. The minimum atomic E-state index is -4.48. The van der Waals surface area contributed by atoms with Crippen molar-refractivity contribution < 1.29 is 22.7 Å². The molecule has 7 heteroatoms. The SMILES string of the molecule is CCOCC(=O)Nc1cc(C(F)(F)F)ccc1Cl. The molecule has 1 amide bonds. The molecule has 0 unspecified atom stereocenters. The molecule has 0 aliphatic heterocycles. The minimum Gasteiger partial charge on any atom is -0.372 e. The molecule has 0 aliphatic rings. The zero-order chi connectivity index (χ0) is 13.8. The van der Waals surface area contributed by atoms with E-state index in [1.54, 1.807) is 6.92 Å². The highest BCUT2D eigenvalue weighted by atomic mass is 35.5. The zero-order valence-electron chi connectivity index (χ0n) is 9.47. The van der Waals surface area contributed by atoms with Crippen molar-refractivity contribution in [2.24, 2.45) is 0 Å². The Balaban J connectivity index is 2.85. The van der Waals surface area contributed by atoms with Crippen molar-refractivity contribution in [3.05, 3.63) is 28.8 Å². The molecule has 0 atom stereocenters. The molecule has 0 spiro atoms. The van der Waals surface area contributed by atoms with Crippen molar-refractivity contribution in [2.75, 3.05) is 18.5 Å². The Morgan fingerprint density at radius 1 is 1.44 bits per heavy atom. The third-order valence-corrected chi connectivity index (χ3v) is 2.33. The number of halogens is 4. The Morgan fingerprint density at radius 2 is 2.11 bits per heavy atom. The Morgan fingerprint density at radius 3 is 2.67 bits per heavy atom. The maximum Gasteiger partial charge on any atom is 0.416 e. The summed E-state index contributed by atoms with van der Waals surface area (Å²) in [5.74, 6) is -0.557. The van der Waals surface area contributed by atoms with Crippen molar-refractivity contribution >= 4 is 23.2 Å². The van der Waals surface area contributed by atoms with Crippen molar-refractivity contribution in [3.63, 3.8) is 0 Å². The zero-order valence-corrected chi connectivity index (χ0v) is 10.2. The second kappa shape index (κ2) is 6.06. The fourth-order valence-corrected chi connectivity index (χ4v) is 1.34.